The molecule has 2 aliphatic rings. The fraction of sp³-hybridized carbons (Fsp3) is 0.529. The molecule has 0 aromatic carbocycles. The first-order valence-electron chi connectivity index (χ1n) is 8.68. The van der Waals surface area contributed by atoms with Crippen LogP contribution in [-0.2, 0) is 4.79 Å². The monoisotopic (exact) mass is 358 g/mol. The maximum absolute atomic E-state index is 11.5. The maximum Gasteiger partial charge on any atom is 0.228 e. The van der Waals surface area contributed by atoms with Crippen LogP contribution in [-0.4, -0.2) is 76.5 Å². The largest absolute Gasteiger partial charge is 0.353 e. The molecule has 4 rings (SSSR count). The third kappa shape index (κ3) is 3.35. The fourth-order valence-electron chi connectivity index (χ4n) is 3.30. The Hall–Kier alpha value is -2.09. The summed E-state index contributed by atoms with van der Waals surface area (Å²) in [5.41, 5.74) is 1.76. The van der Waals surface area contributed by atoms with Gasteiger partial charge >= 0.3 is 0 Å². The highest BCUT2D eigenvalue weighted by molar-refractivity contribution is 7.99. The molecule has 0 unspecified atom stereocenters. The van der Waals surface area contributed by atoms with E-state index < -0.39 is 0 Å². The first-order valence-corrected chi connectivity index (χ1v) is 9.84. The minimum Gasteiger partial charge on any atom is -0.353 e. The minimum absolute atomic E-state index is 0.134. The number of pyridine rings is 1. The van der Waals surface area contributed by atoms with Gasteiger partial charge in [0.15, 0.2) is 5.82 Å². The molecule has 4 heterocycles. The number of anilines is 2. The first-order chi connectivity index (χ1) is 12.2. The molecule has 0 N–H and O–H groups in total. The summed E-state index contributed by atoms with van der Waals surface area (Å²) in [5.74, 6) is 4.05. The predicted octanol–water partition coefficient (Wildman–Crippen LogP) is 1.25. The predicted molar refractivity (Wildman–Crippen MR) is 101 cm³/mol. The van der Waals surface area contributed by atoms with E-state index in [4.69, 9.17) is 9.97 Å². The highest BCUT2D eigenvalue weighted by Crippen LogP contribution is 2.27. The quantitative estimate of drug-likeness (QED) is 0.800. The van der Waals surface area contributed by atoms with Crippen molar-refractivity contribution in [2.24, 2.45) is 0 Å². The van der Waals surface area contributed by atoms with Gasteiger partial charge in [-0.25, -0.2) is 4.98 Å². The second-order valence-electron chi connectivity index (χ2n) is 6.31. The van der Waals surface area contributed by atoms with E-state index in [0.29, 0.717) is 0 Å². The topological polar surface area (TPSA) is 65.5 Å². The van der Waals surface area contributed by atoms with E-state index in [2.05, 4.69) is 14.8 Å². The second kappa shape index (κ2) is 7.03. The Labute approximate surface area is 151 Å². The molecule has 25 heavy (non-hydrogen) atoms. The third-order valence-corrected chi connectivity index (χ3v) is 5.69. The average Bonchev–Trinajstić information content (AvgIpc) is 2.68. The number of hydrogen-bond donors (Lipinski definition) is 0. The molecule has 0 spiro atoms. The van der Waals surface area contributed by atoms with E-state index in [9.17, 15) is 4.79 Å². The molecule has 8 heteroatoms. The van der Waals surface area contributed by atoms with Gasteiger partial charge in [0.05, 0.1) is 5.52 Å². The lowest BCUT2D eigenvalue weighted by molar-refractivity contribution is -0.129. The van der Waals surface area contributed by atoms with Crippen molar-refractivity contribution >= 4 is 40.5 Å². The van der Waals surface area contributed by atoms with E-state index in [0.717, 1.165) is 73.6 Å². The number of piperazine rings is 1. The number of nitrogens with zero attached hydrogens (tertiary/aromatic N) is 6. The summed E-state index contributed by atoms with van der Waals surface area (Å²) >= 11 is 1.98. The van der Waals surface area contributed by atoms with Crippen LogP contribution < -0.4 is 9.80 Å². The molecule has 1 amide bonds. The molecule has 132 valence electrons. The number of hydrogen-bond acceptors (Lipinski definition) is 7. The van der Waals surface area contributed by atoms with Gasteiger partial charge in [-0.15, -0.1) is 0 Å². The summed E-state index contributed by atoms with van der Waals surface area (Å²) < 4.78 is 0. The van der Waals surface area contributed by atoms with Crippen LogP contribution in [0.4, 0.5) is 11.8 Å². The van der Waals surface area contributed by atoms with E-state index >= 15 is 0 Å². The number of amides is 1. The Kier molecular flexibility index (Phi) is 4.61. The summed E-state index contributed by atoms with van der Waals surface area (Å²) in [4.78, 5) is 32.1. The molecule has 7 nitrogen and oxygen atoms in total. The average molecular weight is 358 g/mol. The van der Waals surface area contributed by atoms with Crippen molar-refractivity contribution in [2.75, 3.05) is 60.6 Å². The Bertz CT molecular complexity index is 771. The smallest absolute Gasteiger partial charge is 0.228 e. The molecule has 0 saturated carbocycles. The second-order valence-corrected chi connectivity index (χ2v) is 7.54. The number of aromatic nitrogens is 3. The van der Waals surface area contributed by atoms with Crippen LogP contribution in [0.25, 0.3) is 11.0 Å². The van der Waals surface area contributed by atoms with Crippen LogP contribution in [0.15, 0.2) is 18.3 Å². The highest BCUT2D eigenvalue weighted by Gasteiger charge is 2.23. The molecule has 2 fully saturated rings. The zero-order valence-electron chi connectivity index (χ0n) is 14.4. The Balaban J connectivity index is 1.66. The van der Waals surface area contributed by atoms with Crippen molar-refractivity contribution in [1.82, 2.24) is 19.9 Å². The van der Waals surface area contributed by atoms with Gasteiger partial charge in [0.1, 0.15) is 5.52 Å². The van der Waals surface area contributed by atoms with E-state index in [1.807, 2.05) is 28.8 Å². The molecular formula is C17H22N6OS. The Morgan fingerprint density at radius 3 is 2.52 bits per heavy atom. The number of thioether (sulfide) groups is 1. The summed E-state index contributed by atoms with van der Waals surface area (Å²) in [6, 6.07) is 3.92. The molecule has 2 aromatic heterocycles. The van der Waals surface area contributed by atoms with Gasteiger partial charge in [0.25, 0.3) is 0 Å². The summed E-state index contributed by atoms with van der Waals surface area (Å²) in [5, 5.41) is 0. The van der Waals surface area contributed by atoms with Gasteiger partial charge in [-0.05, 0) is 12.1 Å². The van der Waals surface area contributed by atoms with Gasteiger partial charge < -0.3 is 14.7 Å². The van der Waals surface area contributed by atoms with Crippen LogP contribution in [0.1, 0.15) is 6.92 Å². The van der Waals surface area contributed by atoms with E-state index in [1.165, 1.54) is 0 Å². The lowest BCUT2D eigenvalue weighted by atomic mass is 10.3. The van der Waals surface area contributed by atoms with Crippen molar-refractivity contribution in [3.8, 4) is 0 Å². The number of fused-ring (bicyclic) bond motifs is 1. The lowest BCUT2D eigenvalue weighted by Crippen LogP contribution is -2.48. The molecular weight excluding hydrogens is 336 g/mol. The molecule has 2 saturated heterocycles. The van der Waals surface area contributed by atoms with E-state index in [1.54, 1.807) is 13.1 Å². The Morgan fingerprint density at radius 1 is 1.04 bits per heavy atom. The fourth-order valence-corrected chi connectivity index (χ4v) is 4.20. The van der Waals surface area contributed by atoms with Crippen molar-refractivity contribution in [3.05, 3.63) is 18.3 Å². The summed E-state index contributed by atoms with van der Waals surface area (Å²) in [6.45, 7) is 6.58. The third-order valence-electron chi connectivity index (χ3n) is 4.74. The molecule has 0 atom stereocenters. The van der Waals surface area contributed by atoms with Gasteiger partial charge in [-0.3, -0.25) is 9.78 Å². The SMILES string of the molecule is CC(=O)N1CCN(c2nc(N3CCSCC3)c3ncccc3n2)CC1. The van der Waals surface area contributed by atoms with Crippen LogP contribution in [0.2, 0.25) is 0 Å². The van der Waals surface area contributed by atoms with Crippen LogP contribution in [0, 0.1) is 0 Å². The Morgan fingerprint density at radius 2 is 1.80 bits per heavy atom. The highest BCUT2D eigenvalue weighted by atomic mass is 32.2. The van der Waals surface area contributed by atoms with Gasteiger partial charge in [0, 0.05) is 63.9 Å². The number of carbonyl (C=O) groups excluding carboxylic acids is 1. The zero-order chi connectivity index (χ0) is 17.2. The maximum atomic E-state index is 11.5. The lowest BCUT2D eigenvalue weighted by Gasteiger charge is -2.35. The van der Waals surface area contributed by atoms with Crippen molar-refractivity contribution in [2.45, 2.75) is 6.92 Å². The van der Waals surface area contributed by atoms with Gasteiger partial charge in [-0.2, -0.15) is 16.7 Å². The van der Waals surface area contributed by atoms with Crippen molar-refractivity contribution in [1.29, 1.82) is 0 Å². The van der Waals surface area contributed by atoms with Crippen LogP contribution >= 0.6 is 11.8 Å². The molecule has 2 aliphatic heterocycles. The normalized spacial score (nSPS) is 18.7. The van der Waals surface area contributed by atoms with Crippen LogP contribution in [0.3, 0.4) is 0 Å². The molecule has 0 aliphatic carbocycles. The number of carbonyl (C=O) groups is 1. The minimum atomic E-state index is 0.134. The first kappa shape index (κ1) is 16.4. The summed E-state index contributed by atoms with van der Waals surface area (Å²) in [7, 11) is 0. The standard InChI is InChI=1S/C17H22N6OS/c1-13(24)21-5-7-23(8-6-21)17-19-14-3-2-4-18-15(14)16(20-17)22-9-11-25-12-10-22/h2-4H,5-12H2,1H3. The summed E-state index contributed by atoms with van der Waals surface area (Å²) in [6.07, 6.45) is 1.80. The molecule has 0 radical (unpaired) electrons. The van der Waals surface area contributed by atoms with Crippen molar-refractivity contribution < 1.29 is 4.79 Å². The van der Waals surface area contributed by atoms with E-state index in [-0.39, 0.29) is 5.91 Å². The van der Waals surface area contributed by atoms with Crippen LogP contribution in [0.5, 0.6) is 0 Å². The van der Waals surface area contributed by atoms with Gasteiger partial charge in [0.2, 0.25) is 11.9 Å². The molecule has 2 aromatic rings. The number of rotatable bonds is 2. The van der Waals surface area contributed by atoms with Crippen molar-refractivity contribution in [3.63, 3.8) is 0 Å². The van der Waals surface area contributed by atoms with Gasteiger partial charge in [-0.1, -0.05) is 0 Å². The molecule has 0 bridgehead atoms. The zero-order valence-corrected chi connectivity index (χ0v) is 15.2.